The molecule has 120 valence electrons. The molecule has 0 aliphatic carbocycles. The highest BCUT2D eigenvalue weighted by molar-refractivity contribution is 5.95. The number of hydrogen-bond donors (Lipinski definition) is 4. The number of amides is 2. The number of carbonyl (C=O) groups is 2. The van der Waals surface area contributed by atoms with E-state index in [-0.39, 0.29) is 11.8 Å². The van der Waals surface area contributed by atoms with Crippen molar-refractivity contribution in [1.82, 2.24) is 10.6 Å². The molecule has 0 radical (unpaired) electrons. The summed E-state index contributed by atoms with van der Waals surface area (Å²) in [5.41, 5.74) is 13.4. The monoisotopic (exact) mass is 312 g/mol. The molecular weight excluding hydrogens is 292 g/mol. The van der Waals surface area contributed by atoms with Crippen molar-refractivity contribution < 1.29 is 9.59 Å². The summed E-state index contributed by atoms with van der Waals surface area (Å²) in [6.07, 6.45) is 0.627. The van der Waals surface area contributed by atoms with Gasteiger partial charge in [-0.3, -0.25) is 9.59 Å². The summed E-state index contributed by atoms with van der Waals surface area (Å²) >= 11 is 0. The van der Waals surface area contributed by atoms with E-state index in [1.807, 2.05) is 0 Å². The first kappa shape index (κ1) is 16.4. The van der Waals surface area contributed by atoms with Gasteiger partial charge in [0.2, 0.25) is 0 Å². The molecule has 0 spiro atoms. The summed E-state index contributed by atoms with van der Waals surface area (Å²) in [7, 11) is 0. The van der Waals surface area contributed by atoms with Gasteiger partial charge in [0.1, 0.15) is 0 Å². The normalized spacial score (nSPS) is 10.1. The zero-order chi connectivity index (χ0) is 16.7. The molecule has 0 aromatic heterocycles. The third-order valence-corrected chi connectivity index (χ3v) is 3.22. The third-order valence-electron chi connectivity index (χ3n) is 3.22. The fourth-order valence-corrected chi connectivity index (χ4v) is 2.06. The van der Waals surface area contributed by atoms with Crippen molar-refractivity contribution >= 4 is 23.2 Å². The number of carbonyl (C=O) groups excluding carboxylic acids is 2. The van der Waals surface area contributed by atoms with Crippen LogP contribution in [0.3, 0.4) is 0 Å². The van der Waals surface area contributed by atoms with Gasteiger partial charge in [0, 0.05) is 35.6 Å². The lowest BCUT2D eigenvalue weighted by Crippen LogP contribution is -2.30. The highest BCUT2D eigenvalue weighted by atomic mass is 16.2. The second-order valence-electron chi connectivity index (χ2n) is 5.12. The van der Waals surface area contributed by atoms with Crippen LogP contribution in [0.1, 0.15) is 27.1 Å². The van der Waals surface area contributed by atoms with Crippen LogP contribution in [-0.2, 0) is 0 Å². The summed E-state index contributed by atoms with van der Waals surface area (Å²) in [5.74, 6) is -0.362. The van der Waals surface area contributed by atoms with Crippen molar-refractivity contribution in [3.05, 3.63) is 59.7 Å². The molecule has 2 aromatic rings. The summed E-state index contributed by atoms with van der Waals surface area (Å²) in [6.45, 7) is 0.926. The Morgan fingerprint density at radius 3 is 1.61 bits per heavy atom. The number of nitrogens with two attached hydrogens (primary N) is 2. The fourth-order valence-electron chi connectivity index (χ4n) is 2.06. The average molecular weight is 312 g/mol. The van der Waals surface area contributed by atoms with Crippen molar-refractivity contribution in [3.8, 4) is 0 Å². The highest BCUT2D eigenvalue weighted by Crippen LogP contribution is 2.07. The van der Waals surface area contributed by atoms with Gasteiger partial charge in [0.15, 0.2) is 0 Å². The first-order chi connectivity index (χ1) is 11.1. The van der Waals surface area contributed by atoms with E-state index < -0.39 is 0 Å². The Hall–Kier alpha value is -3.02. The molecule has 6 heteroatoms. The second-order valence-corrected chi connectivity index (χ2v) is 5.12. The first-order valence-electron chi connectivity index (χ1n) is 7.34. The van der Waals surface area contributed by atoms with Crippen molar-refractivity contribution in [1.29, 1.82) is 0 Å². The number of nitrogen functional groups attached to an aromatic ring is 2. The first-order valence-corrected chi connectivity index (χ1v) is 7.34. The second kappa shape index (κ2) is 7.84. The molecule has 2 rings (SSSR count). The standard InChI is InChI=1S/C17H20N4O2/c18-14-6-1-4-12(10-14)16(22)20-8-3-9-21-17(23)13-5-2-7-15(19)11-13/h1-2,4-7,10-11H,3,8-9,18-19H2,(H,20,22)(H,21,23). The molecule has 6 nitrogen and oxygen atoms in total. The predicted molar refractivity (Wildman–Crippen MR) is 91.0 cm³/mol. The van der Waals surface area contributed by atoms with Gasteiger partial charge in [-0.2, -0.15) is 0 Å². The maximum atomic E-state index is 11.9. The van der Waals surface area contributed by atoms with Crippen molar-refractivity contribution in [2.75, 3.05) is 24.6 Å². The van der Waals surface area contributed by atoms with E-state index in [2.05, 4.69) is 10.6 Å². The molecule has 0 aliphatic rings. The van der Waals surface area contributed by atoms with Crippen LogP contribution in [0.5, 0.6) is 0 Å². The van der Waals surface area contributed by atoms with E-state index in [1.165, 1.54) is 0 Å². The van der Waals surface area contributed by atoms with E-state index in [4.69, 9.17) is 11.5 Å². The molecule has 0 saturated heterocycles. The maximum absolute atomic E-state index is 11.9. The van der Waals surface area contributed by atoms with Gasteiger partial charge in [0.05, 0.1) is 0 Å². The van der Waals surface area contributed by atoms with Crippen LogP contribution in [-0.4, -0.2) is 24.9 Å². The molecule has 23 heavy (non-hydrogen) atoms. The van der Waals surface area contributed by atoms with E-state index in [0.29, 0.717) is 42.0 Å². The molecule has 0 heterocycles. The molecular formula is C17H20N4O2. The van der Waals surface area contributed by atoms with Crippen molar-refractivity contribution in [2.45, 2.75) is 6.42 Å². The van der Waals surface area contributed by atoms with Crippen LogP contribution >= 0.6 is 0 Å². The fraction of sp³-hybridized carbons (Fsp3) is 0.176. The minimum atomic E-state index is -0.181. The van der Waals surface area contributed by atoms with Gasteiger partial charge >= 0.3 is 0 Å². The maximum Gasteiger partial charge on any atom is 0.251 e. The molecule has 0 aliphatic heterocycles. The summed E-state index contributed by atoms with van der Waals surface area (Å²) in [4.78, 5) is 23.8. The molecule has 0 saturated carbocycles. The van der Waals surface area contributed by atoms with Gasteiger partial charge in [0.25, 0.3) is 11.8 Å². The van der Waals surface area contributed by atoms with Crippen molar-refractivity contribution in [2.24, 2.45) is 0 Å². The quantitative estimate of drug-likeness (QED) is 0.477. The van der Waals surface area contributed by atoms with Crippen LogP contribution in [0.4, 0.5) is 11.4 Å². The van der Waals surface area contributed by atoms with E-state index in [1.54, 1.807) is 48.5 Å². The van der Waals surface area contributed by atoms with Crippen LogP contribution in [0.25, 0.3) is 0 Å². The zero-order valence-electron chi connectivity index (χ0n) is 12.7. The minimum Gasteiger partial charge on any atom is -0.399 e. The molecule has 2 amide bonds. The van der Waals surface area contributed by atoms with Crippen LogP contribution in [0.2, 0.25) is 0 Å². The topological polar surface area (TPSA) is 110 Å². The Kier molecular flexibility index (Phi) is 5.57. The van der Waals surface area contributed by atoms with E-state index >= 15 is 0 Å². The largest absolute Gasteiger partial charge is 0.399 e. The van der Waals surface area contributed by atoms with Gasteiger partial charge in [-0.15, -0.1) is 0 Å². The molecule has 2 aromatic carbocycles. The minimum absolute atomic E-state index is 0.181. The Bertz CT molecular complexity index is 641. The van der Waals surface area contributed by atoms with Crippen LogP contribution in [0, 0.1) is 0 Å². The van der Waals surface area contributed by atoms with Gasteiger partial charge in [-0.05, 0) is 42.8 Å². The lowest BCUT2D eigenvalue weighted by Gasteiger charge is -2.07. The molecule has 0 unspecified atom stereocenters. The summed E-state index contributed by atoms with van der Waals surface area (Å²) in [6, 6.07) is 13.6. The SMILES string of the molecule is Nc1cccc(C(=O)NCCCNC(=O)c2cccc(N)c2)c1. The number of benzene rings is 2. The highest BCUT2D eigenvalue weighted by Gasteiger charge is 2.06. The van der Waals surface area contributed by atoms with Crippen LogP contribution < -0.4 is 22.1 Å². The number of rotatable bonds is 6. The zero-order valence-corrected chi connectivity index (χ0v) is 12.7. The number of nitrogens with one attached hydrogen (secondary N) is 2. The Labute approximate surface area is 134 Å². The lowest BCUT2D eigenvalue weighted by atomic mass is 10.2. The molecule has 0 bridgehead atoms. The number of hydrogen-bond acceptors (Lipinski definition) is 4. The average Bonchev–Trinajstić information content (AvgIpc) is 2.54. The van der Waals surface area contributed by atoms with Gasteiger partial charge < -0.3 is 22.1 Å². The number of anilines is 2. The Balaban J connectivity index is 1.69. The Morgan fingerprint density at radius 1 is 0.783 bits per heavy atom. The van der Waals surface area contributed by atoms with E-state index in [0.717, 1.165) is 0 Å². The smallest absolute Gasteiger partial charge is 0.251 e. The lowest BCUT2D eigenvalue weighted by molar-refractivity contribution is 0.0952. The third kappa shape index (κ3) is 5.03. The van der Waals surface area contributed by atoms with Crippen LogP contribution in [0.15, 0.2) is 48.5 Å². The van der Waals surface area contributed by atoms with E-state index in [9.17, 15) is 9.59 Å². The summed E-state index contributed by atoms with van der Waals surface area (Å²) in [5, 5.41) is 5.57. The summed E-state index contributed by atoms with van der Waals surface area (Å²) < 4.78 is 0. The molecule has 6 N–H and O–H groups in total. The van der Waals surface area contributed by atoms with Crippen molar-refractivity contribution in [3.63, 3.8) is 0 Å². The molecule has 0 atom stereocenters. The molecule has 0 fully saturated rings. The van der Waals surface area contributed by atoms with Gasteiger partial charge in [-0.25, -0.2) is 0 Å². The Morgan fingerprint density at radius 2 is 1.22 bits per heavy atom. The van der Waals surface area contributed by atoms with Gasteiger partial charge in [-0.1, -0.05) is 12.1 Å². The predicted octanol–water partition coefficient (Wildman–Crippen LogP) is 1.40.